The fraction of sp³-hybridized carbons (Fsp3) is 0.700. The molecule has 0 heterocycles. The van der Waals surface area contributed by atoms with Crippen LogP contribution in [-0.2, 0) is 14.4 Å². The molecule has 0 spiro atoms. The van der Waals surface area contributed by atoms with Gasteiger partial charge < -0.3 is 21.3 Å². The van der Waals surface area contributed by atoms with E-state index in [2.05, 4.69) is 5.32 Å². The topological polar surface area (TPSA) is 130 Å². The van der Waals surface area contributed by atoms with Gasteiger partial charge in [-0.1, -0.05) is 20.3 Å². The average molecular weight is 246 g/mol. The van der Waals surface area contributed by atoms with Crippen molar-refractivity contribution < 1.29 is 24.6 Å². The molecular formula is C10H18N2O5. The lowest BCUT2D eigenvalue weighted by Gasteiger charge is -2.20. The average Bonchev–Trinajstić information content (AvgIpc) is 2.25. The summed E-state index contributed by atoms with van der Waals surface area (Å²) in [5, 5.41) is 19.3. The molecule has 0 radical (unpaired) electrons. The van der Waals surface area contributed by atoms with Crippen molar-refractivity contribution in [3.63, 3.8) is 0 Å². The Morgan fingerprint density at radius 3 is 2.18 bits per heavy atom. The van der Waals surface area contributed by atoms with Crippen LogP contribution in [0.3, 0.4) is 0 Å². The normalized spacial score (nSPS) is 15.7. The maximum absolute atomic E-state index is 11.5. The minimum atomic E-state index is -1.45. The lowest BCUT2D eigenvalue weighted by atomic mass is 9.99. The van der Waals surface area contributed by atoms with Crippen molar-refractivity contribution in [2.24, 2.45) is 11.7 Å². The standard InChI is InChI=1S/C10H18N2O5/c1-3-5(2)8(11)9(15)12-6(10(16)17)4-7(13)14/h5-6,8H,3-4,11H2,1-2H3,(H,12,15)(H,13,14)(H,16,17)/t5?,6?,8-/m0/s1. The minimum Gasteiger partial charge on any atom is -0.481 e. The number of amides is 1. The van der Waals surface area contributed by atoms with Gasteiger partial charge in [0.2, 0.25) is 5.91 Å². The van der Waals surface area contributed by atoms with Crippen LogP contribution in [0.5, 0.6) is 0 Å². The highest BCUT2D eigenvalue weighted by Crippen LogP contribution is 2.06. The largest absolute Gasteiger partial charge is 0.481 e. The lowest BCUT2D eigenvalue weighted by Crippen LogP contribution is -2.51. The zero-order valence-corrected chi connectivity index (χ0v) is 9.84. The van der Waals surface area contributed by atoms with Gasteiger partial charge in [-0.05, 0) is 5.92 Å². The van der Waals surface area contributed by atoms with E-state index in [9.17, 15) is 14.4 Å². The van der Waals surface area contributed by atoms with Crippen molar-refractivity contribution in [2.75, 3.05) is 0 Å². The molecule has 0 aromatic heterocycles. The van der Waals surface area contributed by atoms with E-state index in [1.807, 2.05) is 6.92 Å². The lowest BCUT2D eigenvalue weighted by molar-refractivity contribution is -0.147. The van der Waals surface area contributed by atoms with Crippen LogP contribution in [0.4, 0.5) is 0 Å². The number of aliphatic carboxylic acids is 2. The third-order valence-corrected chi connectivity index (χ3v) is 2.55. The van der Waals surface area contributed by atoms with Gasteiger partial charge in [0.05, 0.1) is 12.5 Å². The predicted octanol–water partition coefficient (Wildman–Crippen LogP) is -0.596. The van der Waals surface area contributed by atoms with E-state index in [0.717, 1.165) is 0 Å². The Labute approximate surface area is 99.0 Å². The molecule has 7 nitrogen and oxygen atoms in total. The van der Waals surface area contributed by atoms with E-state index in [4.69, 9.17) is 15.9 Å². The van der Waals surface area contributed by atoms with Crippen LogP contribution in [-0.4, -0.2) is 40.1 Å². The molecular weight excluding hydrogens is 228 g/mol. The van der Waals surface area contributed by atoms with Gasteiger partial charge in [0.25, 0.3) is 0 Å². The first-order valence-electron chi connectivity index (χ1n) is 5.30. The molecule has 0 saturated heterocycles. The van der Waals surface area contributed by atoms with E-state index < -0.39 is 36.4 Å². The van der Waals surface area contributed by atoms with Gasteiger partial charge in [-0.15, -0.1) is 0 Å². The highest BCUT2D eigenvalue weighted by Gasteiger charge is 2.27. The summed E-state index contributed by atoms with van der Waals surface area (Å²) in [6.45, 7) is 3.61. The van der Waals surface area contributed by atoms with E-state index in [-0.39, 0.29) is 5.92 Å². The van der Waals surface area contributed by atoms with Crippen LogP contribution in [0, 0.1) is 5.92 Å². The van der Waals surface area contributed by atoms with Crippen LogP contribution >= 0.6 is 0 Å². The second kappa shape index (κ2) is 6.85. The molecule has 1 amide bonds. The second-order valence-corrected chi connectivity index (χ2v) is 3.91. The van der Waals surface area contributed by atoms with E-state index in [1.54, 1.807) is 6.92 Å². The number of carboxylic acids is 2. The molecule has 0 saturated carbocycles. The first kappa shape index (κ1) is 15.4. The summed E-state index contributed by atoms with van der Waals surface area (Å²) in [4.78, 5) is 32.7. The molecule has 0 rings (SSSR count). The second-order valence-electron chi connectivity index (χ2n) is 3.91. The molecule has 0 aliphatic rings. The molecule has 0 aromatic rings. The number of carbonyl (C=O) groups excluding carboxylic acids is 1. The molecule has 2 unspecified atom stereocenters. The number of nitrogens with two attached hydrogens (primary N) is 1. The van der Waals surface area contributed by atoms with Crippen LogP contribution in [0.1, 0.15) is 26.7 Å². The number of nitrogens with one attached hydrogen (secondary N) is 1. The first-order chi connectivity index (χ1) is 7.79. The Hall–Kier alpha value is -1.63. The minimum absolute atomic E-state index is 0.103. The van der Waals surface area contributed by atoms with E-state index in [0.29, 0.717) is 6.42 Å². The Morgan fingerprint density at radius 2 is 1.82 bits per heavy atom. The zero-order valence-electron chi connectivity index (χ0n) is 9.84. The van der Waals surface area contributed by atoms with Gasteiger partial charge >= 0.3 is 11.9 Å². The number of carbonyl (C=O) groups is 3. The number of rotatable bonds is 7. The summed E-state index contributed by atoms with van der Waals surface area (Å²) in [7, 11) is 0. The molecule has 0 aliphatic heterocycles. The molecule has 0 aliphatic carbocycles. The van der Waals surface area contributed by atoms with Crippen molar-refractivity contribution in [2.45, 2.75) is 38.8 Å². The number of carboxylic acid groups (broad SMARTS) is 2. The molecule has 3 atom stereocenters. The number of hydrogen-bond donors (Lipinski definition) is 4. The van der Waals surface area contributed by atoms with Crippen molar-refractivity contribution in [1.82, 2.24) is 5.32 Å². The zero-order chi connectivity index (χ0) is 13.6. The summed E-state index contributed by atoms with van der Waals surface area (Å²) in [5.41, 5.74) is 5.60. The van der Waals surface area contributed by atoms with Crippen LogP contribution in [0.25, 0.3) is 0 Å². The molecule has 98 valence electrons. The summed E-state index contributed by atoms with van der Waals surface area (Å²) < 4.78 is 0. The molecule has 0 aromatic carbocycles. The monoisotopic (exact) mass is 246 g/mol. The van der Waals surface area contributed by atoms with Crippen molar-refractivity contribution in [1.29, 1.82) is 0 Å². The highest BCUT2D eigenvalue weighted by atomic mass is 16.4. The Morgan fingerprint density at radius 1 is 1.29 bits per heavy atom. The summed E-state index contributed by atoms with van der Waals surface area (Å²) in [6, 6.07) is -2.29. The Bertz CT molecular complexity index is 305. The van der Waals surface area contributed by atoms with Crippen LogP contribution in [0.2, 0.25) is 0 Å². The van der Waals surface area contributed by atoms with Crippen LogP contribution in [0.15, 0.2) is 0 Å². The third-order valence-electron chi connectivity index (χ3n) is 2.55. The van der Waals surface area contributed by atoms with Gasteiger partial charge in [0, 0.05) is 0 Å². The van der Waals surface area contributed by atoms with Crippen molar-refractivity contribution >= 4 is 17.8 Å². The van der Waals surface area contributed by atoms with Crippen LogP contribution < -0.4 is 11.1 Å². The number of hydrogen-bond acceptors (Lipinski definition) is 4. The fourth-order valence-electron chi connectivity index (χ4n) is 1.15. The van der Waals surface area contributed by atoms with E-state index >= 15 is 0 Å². The van der Waals surface area contributed by atoms with Gasteiger partial charge in [0.1, 0.15) is 6.04 Å². The molecule has 7 heteroatoms. The highest BCUT2D eigenvalue weighted by molar-refractivity contribution is 5.89. The fourth-order valence-corrected chi connectivity index (χ4v) is 1.15. The van der Waals surface area contributed by atoms with Crippen molar-refractivity contribution in [3.8, 4) is 0 Å². The molecule has 5 N–H and O–H groups in total. The summed E-state index contributed by atoms with van der Waals surface area (Å²) in [5.74, 6) is -3.44. The summed E-state index contributed by atoms with van der Waals surface area (Å²) >= 11 is 0. The smallest absolute Gasteiger partial charge is 0.326 e. The maximum Gasteiger partial charge on any atom is 0.326 e. The Balaban J connectivity index is 4.50. The molecule has 17 heavy (non-hydrogen) atoms. The molecule has 0 bridgehead atoms. The predicted molar refractivity (Wildman–Crippen MR) is 59.2 cm³/mol. The quantitative estimate of drug-likeness (QED) is 0.474. The maximum atomic E-state index is 11.5. The van der Waals surface area contributed by atoms with E-state index in [1.165, 1.54) is 0 Å². The first-order valence-corrected chi connectivity index (χ1v) is 5.30. The van der Waals surface area contributed by atoms with Gasteiger partial charge in [-0.25, -0.2) is 4.79 Å². The third kappa shape index (κ3) is 5.30. The van der Waals surface area contributed by atoms with Gasteiger partial charge in [-0.3, -0.25) is 9.59 Å². The van der Waals surface area contributed by atoms with Crippen molar-refractivity contribution in [3.05, 3.63) is 0 Å². The SMILES string of the molecule is CCC(C)[C@H](N)C(=O)NC(CC(=O)O)C(=O)O. The Kier molecular flexibility index (Phi) is 6.19. The summed E-state index contributed by atoms with van der Waals surface area (Å²) in [6.07, 6.45) is -0.000442. The van der Waals surface area contributed by atoms with Gasteiger partial charge in [-0.2, -0.15) is 0 Å². The van der Waals surface area contributed by atoms with Gasteiger partial charge in [0.15, 0.2) is 0 Å². The molecule has 0 fully saturated rings.